The van der Waals surface area contributed by atoms with E-state index in [9.17, 15) is 4.79 Å². The van der Waals surface area contributed by atoms with Crippen LogP contribution in [0.2, 0.25) is 0 Å². The fourth-order valence-corrected chi connectivity index (χ4v) is 3.62. The summed E-state index contributed by atoms with van der Waals surface area (Å²) in [7, 11) is 1.68. The van der Waals surface area contributed by atoms with Gasteiger partial charge in [0, 0.05) is 36.3 Å². The molecule has 0 unspecified atom stereocenters. The van der Waals surface area contributed by atoms with Crippen molar-refractivity contribution in [3.63, 3.8) is 0 Å². The molecule has 2 aromatic rings. The second-order valence-electron chi connectivity index (χ2n) is 6.60. The fraction of sp³-hybridized carbons (Fsp3) is 0.474. The van der Waals surface area contributed by atoms with Crippen LogP contribution in [-0.2, 0) is 4.79 Å². The highest BCUT2D eigenvalue weighted by Gasteiger charge is 2.22. The van der Waals surface area contributed by atoms with E-state index in [1.807, 2.05) is 19.1 Å². The largest absolute Gasteiger partial charge is 0.494 e. The van der Waals surface area contributed by atoms with Crippen LogP contribution in [0.3, 0.4) is 0 Å². The molecule has 0 saturated carbocycles. The maximum Gasteiger partial charge on any atom is 0.217 e. The summed E-state index contributed by atoms with van der Waals surface area (Å²) in [5.74, 6) is 1.11. The first-order valence-electron chi connectivity index (χ1n) is 8.56. The number of hydrogen-bond donors (Lipinski definition) is 1. The van der Waals surface area contributed by atoms with Gasteiger partial charge in [0.2, 0.25) is 5.91 Å². The Balaban J connectivity index is 1.92. The van der Waals surface area contributed by atoms with E-state index >= 15 is 0 Å². The molecule has 1 aliphatic heterocycles. The molecule has 0 spiro atoms. The van der Waals surface area contributed by atoms with E-state index in [4.69, 9.17) is 10.5 Å². The van der Waals surface area contributed by atoms with Crippen LogP contribution in [0.25, 0.3) is 10.9 Å². The summed E-state index contributed by atoms with van der Waals surface area (Å²) in [6.07, 6.45) is 3.64. The molecule has 5 heteroatoms. The molecule has 0 radical (unpaired) electrons. The highest BCUT2D eigenvalue weighted by Crippen LogP contribution is 2.34. The molecule has 1 aromatic carbocycles. The summed E-state index contributed by atoms with van der Waals surface area (Å²) >= 11 is 0. The second kappa shape index (κ2) is 7.07. The number of piperidine rings is 1. The van der Waals surface area contributed by atoms with Gasteiger partial charge in [-0.05, 0) is 44.2 Å². The molecular weight excluding hydrogens is 302 g/mol. The smallest absolute Gasteiger partial charge is 0.217 e. The van der Waals surface area contributed by atoms with Gasteiger partial charge in [0.15, 0.2) is 0 Å². The number of para-hydroxylation sites is 1. The number of ether oxygens (including phenoxy) is 1. The number of aryl methyl sites for hydroxylation is 1. The van der Waals surface area contributed by atoms with Crippen molar-refractivity contribution >= 4 is 22.5 Å². The molecule has 24 heavy (non-hydrogen) atoms. The van der Waals surface area contributed by atoms with Crippen LogP contribution in [0.4, 0.5) is 5.69 Å². The lowest BCUT2D eigenvalue weighted by atomic mass is 9.92. The highest BCUT2D eigenvalue weighted by atomic mass is 16.5. The van der Waals surface area contributed by atoms with Gasteiger partial charge in [0.05, 0.1) is 7.11 Å². The summed E-state index contributed by atoms with van der Waals surface area (Å²) in [4.78, 5) is 18.2. The number of amides is 1. The number of benzene rings is 1. The zero-order chi connectivity index (χ0) is 17.1. The Labute approximate surface area is 142 Å². The third-order valence-electron chi connectivity index (χ3n) is 4.79. The molecule has 128 valence electrons. The number of carbonyl (C=O) groups is 1. The third kappa shape index (κ3) is 3.45. The number of rotatable bonds is 5. The molecule has 5 nitrogen and oxygen atoms in total. The number of nitrogens with zero attached hydrogens (tertiary/aromatic N) is 2. The first kappa shape index (κ1) is 16.6. The molecule has 1 fully saturated rings. The standard InChI is InChI=1S/C19H25N3O2/c1-13-11-16(15-6-3-7-17(24-2)19(15)21-13)22-10-4-5-14(12-22)8-9-18(20)23/h3,6-7,11,14H,4-5,8-10,12H2,1-2H3,(H2,20,23)/t14-/m1/s1. The van der Waals surface area contributed by atoms with Crippen molar-refractivity contribution in [2.45, 2.75) is 32.6 Å². The van der Waals surface area contributed by atoms with Crippen LogP contribution in [0.5, 0.6) is 5.75 Å². The Morgan fingerprint density at radius 2 is 2.29 bits per heavy atom. The van der Waals surface area contributed by atoms with Crippen LogP contribution in [0.15, 0.2) is 24.3 Å². The molecule has 2 heterocycles. The number of pyridine rings is 1. The van der Waals surface area contributed by atoms with Crippen molar-refractivity contribution in [3.8, 4) is 5.75 Å². The van der Waals surface area contributed by atoms with Crippen LogP contribution in [0, 0.1) is 12.8 Å². The lowest BCUT2D eigenvalue weighted by molar-refractivity contribution is -0.118. The first-order valence-corrected chi connectivity index (χ1v) is 8.56. The van der Waals surface area contributed by atoms with Crippen molar-refractivity contribution in [1.29, 1.82) is 0 Å². The van der Waals surface area contributed by atoms with Crippen molar-refractivity contribution in [2.24, 2.45) is 11.7 Å². The number of aromatic nitrogens is 1. The summed E-state index contributed by atoms with van der Waals surface area (Å²) in [5, 5.41) is 1.12. The molecule has 2 N–H and O–H groups in total. The quantitative estimate of drug-likeness (QED) is 0.916. The zero-order valence-electron chi connectivity index (χ0n) is 14.4. The third-order valence-corrected chi connectivity index (χ3v) is 4.79. The molecule has 0 bridgehead atoms. The van der Waals surface area contributed by atoms with E-state index in [0.717, 1.165) is 54.7 Å². The Kier molecular flexibility index (Phi) is 4.88. The number of hydrogen-bond acceptors (Lipinski definition) is 4. The lowest BCUT2D eigenvalue weighted by Crippen LogP contribution is -2.36. The minimum Gasteiger partial charge on any atom is -0.494 e. The van der Waals surface area contributed by atoms with E-state index in [1.54, 1.807) is 7.11 Å². The first-order chi connectivity index (χ1) is 11.6. The molecule has 1 saturated heterocycles. The van der Waals surface area contributed by atoms with E-state index < -0.39 is 0 Å². The molecular formula is C19H25N3O2. The Bertz CT molecular complexity index is 745. The van der Waals surface area contributed by atoms with Gasteiger partial charge in [0.1, 0.15) is 11.3 Å². The minimum absolute atomic E-state index is 0.206. The van der Waals surface area contributed by atoms with Crippen LogP contribution < -0.4 is 15.4 Å². The maximum absolute atomic E-state index is 11.1. The number of methoxy groups -OCH3 is 1. The number of fused-ring (bicyclic) bond motifs is 1. The number of primary amides is 1. The molecule has 1 aliphatic rings. The highest BCUT2D eigenvalue weighted by molar-refractivity contribution is 5.95. The molecule has 3 rings (SSSR count). The predicted octanol–water partition coefficient (Wildman–Crippen LogP) is 3.03. The summed E-state index contributed by atoms with van der Waals surface area (Å²) in [6.45, 7) is 4.01. The van der Waals surface area contributed by atoms with Crippen molar-refractivity contribution < 1.29 is 9.53 Å². The fourth-order valence-electron chi connectivity index (χ4n) is 3.62. The maximum atomic E-state index is 11.1. The van der Waals surface area contributed by atoms with Gasteiger partial charge in [-0.3, -0.25) is 4.79 Å². The summed E-state index contributed by atoms with van der Waals surface area (Å²) in [5.41, 5.74) is 8.41. The predicted molar refractivity (Wildman–Crippen MR) is 96.4 cm³/mol. The van der Waals surface area contributed by atoms with E-state index in [0.29, 0.717) is 12.3 Å². The number of carbonyl (C=O) groups excluding carboxylic acids is 1. The second-order valence-corrected chi connectivity index (χ2v) is 6.60. The lowest BCUT2D eigenvalue weighted by Gasteiger charge is -2.35. The van der Waals surface area contributed by atoms with Gasteiger partial charge in [-0.25, -0.2) is 4.98 Å². The van der Waals surface area contributed by atoms with Crippen molar-refractivity contribution in [1.82, 2.24) is 4.98 Å². The van der Waals surface area contributed by atoms with Crippen LogP contribution >= 0.6 is 0 Å². The molecule has 1 aromatic heterocycles. The van der Waals surface area contributed by atoms with Crippen LogP contribution in [0.1, 0.15) is 31.4 Å². The van der Waals surface area contributed by atoms with Crippen molar-refractivity contribution in [2.75, 3.05) is 25.1 Å². The Morgan fingerprint density at radius 3 is 3.04 bits per heavy atom. The average Bonchev–Trinajstić information content (AvgIpc) is 2.59. The van der Waals surface area contributed by atoms with E-state index in [-0.39, 0.29) is 5.91 Å². The van der Waals surface area contributed by atoms with Gasteiger partial charge >= 0.3 is 0 Å². The molecule has 0 aliphatic carbocycles. The van der Waals surface area contributed by atoms with Gasteiger partial charge in [-0.15, -0.1) is 0 Å². The van der Waals surface area contributed by atoms with E-state index in [1.165, 1.54) is 5.69 Å². The SMILES string of the molecule is COc1cccc2c(N3CCC[C@H](CCC(N)=O)C3)cc(C)nc12. The average molecular weight is 327 g/mol. The van der Waals surface area contributed by atoms with Gasteiger partial charge in [0.25, 0.3) is 0 Å². The summed E-state index contributed by atoms with van der Waals surface area (Å²) < 4.78 is 5.48. The normalized spacial score (nSPS) is 17.9. The summed E-state index contributed by atoms with van der Waals surface area (Å²) in [6, 6.07) is 8.21. The van der Waals surface area contributed by atoms with Crippen molar-refractivity contribution in [3.05, 3.63) is 30.0 Å². The van der Waals surface area contributed by atoms with Gasteiger partial charge < -0.3 is 15.4 Å². The number of anilines is 1. The Morgan fingerprint density at radius 1 is 1.46 bits per heavy atom. The molecule has 1 amide bonds. The topological polar surface area (TPSA) is 68.5 Å². The Hall–Kier alpha value is -2.30. The monoisotopic (exact) mass is 327 g/mol. The van der Waals surface area contributed by atoms with Crippen LogP contribution in [-0.4, -0.2) is 31.1 Å². The van der Waals surface area contributed by atoms with Gasteiger partial charge in [-0.2, -0.15) is 0 Å². The number of nitrogens with two attached hydrogens (primary N) is 1. The minimum atomic E-state index is -0.206. The zero-order valence-corrected chi connectivity index (χ0v) is 14.4. The van der Waals surface area contributed by atoms with E-state index in [2.05, 4.69) is 22.0 Å². The molecule has 1 atom stereocenters. The van der Waals surface area contributed by atoms with Gasteiger partial charge in [-0.1, -0.05) is 12.1 Å².